The highest BCUT2D eigenvalue weighted by molar-refractivity contribution is 7.89. The van der Waals surface area contributed by atoms with Crippen molar-refractivity contribution in [3.05, 3.63) is 24.2 Å². The maximum absolute atomic E-state index is 12.0. The molecule has 8 heteroatoms. The van der Waals surface area contributed by atoms with E-state index >= 15 is 0 Å². The van der Waals surface area contributed by atoms with Crippen LogP contribution >= 0.6 is 0 Å². The summed E-state index contributed by atoms with van der Waals surface area (Å²) in [4.78, 5) is 4.64. The van der Waals surface area contributed by atoms with Gasteiger partial charge in [0.2, 0.25) is 10.0 Å². The highest BCUT2D eigenvalue weighted by Crippen LogP contribution is 2.14. The molecule has 2 rings (SSSR count). The van der Waals surface area contributed by atoms with E-state index in [1.807, 2.05) is 12.1 Å². The Morgan fingerprint density at radius 3 is 2.73 bits per heavy atom. The van der Waals surface area contributed by atoms with Crippen molar-refractivity contribution in [1.29, 1.82) is 0 Å². The quantitative estimate of drug-likeness (QED) is 0.386. The predicted octanol–water partition coefficient (Wildman–Crippen LogP) is 1.97. The molecule has 2 N–H and O–H groups in total. The standard InChI is InChI=1S/C18H32N4O3S/c1-3-5-11-19-18(20-12-8-17-7-6-15-25-17)21-16-9-13-22(14-10-16)26(23,24)4-2/h6-7,15-16H,3-5,8-14H2,1-2H3,(H2,19,20,21). The molecule has 0 atom stereocenters. The molecule has 0 amide bonds. The van der Waals surface area contributed by atoms with Crippen LogP contribution in [0.25, 0.3) is 0 Å². The van der Waals surface area contributed by atoms with Crippen molar-refractivity contribution in [2.45, 2.75) is 52.0 Å². The molecule has 1 aliphatic heterocycles. The zero-order valence-corrected chi connectivity index (χ0v) is 16.7. The van der Waals surface area contributed by atoms with Gasteiger partial charge < -0.3 is 15.1 Å². The average molecular weight is 385 g/mol. The van der Waals surface area contributed by atoms with Gasteiger partial charge in [-0.15, -0.1) is 0 Å². The van der Waals surface area contributed by atoms with Gasteiger partial charge in [-0.05, 0) is 38.3 Å². The first kappa shape index (κ1) is 20.8. The Morgan fingerprint density at radius 1 is 1.35 bits per heavy atom. The van der Waals surface area contributed by atoms with E-state index in [1.165, 1.54) is 0 Å². The molecular weight excluding hydrogens is 352 g/mol. The third kappa shape index (κ3) is 6.64. The van der Waals surface area contributed by atoms with Gasteiger partial charge in [0, 0.05) is 38.6 Å². The van der Waals surface area contributed by atoms with E-state index in [0.717, 1.165) is 56.9 Å². The molecular formula is C18H32N4O3S. The lowest BCUT2D eigenvalue weighted by Gasteiger charge is -2.32. The Labute approximate surface area is 157 Å². The van der Waals surface area contributed by atoms with Gasteiger partial charge in [-0.3, -0.25) is 4.99 Å². The van der Waals surface area contributed by atoms with Crippen LogP contribution in [0.1, 0.15) is 45.3 Å². The zero-order chi connectivity index (χ0) is 18.8. The van der Waals surface area contributed by atoms with Crippen molar-refractivity contribution < 1.29 is 12.8 Å². The summed E-state index contributed by atoms with van der Waals surface area (Å²) >= 11 is 0. The Kier molecular flexibility index (Phi) is 8.44. The van der Waals surface area contributed by atoms with Gasteiger partial charge >= 0.3 is 0 Å². The SMILES string of the molecule is CCCCN=C(NCCc1ccco1)NC1CCN(S(=O)(=O)CC)CC1. The fourth-order valence-electron chi connectivity index (χ4n) is 2.91. The first-order chi connectivity index (χ1) is 12.5. The summed E-state index contributed by atoms with van der Waals surface area (Å²) in [6.07, 6.45) is 6.24. The number of hydrogen-bond acceptors (Lipinski definition) is 4. The number of rotatable bonds is 9. The average Bonchev–Trinajstić information content (AvgIpc) is 3.15. The minimum Gasteiger partial charge on any atom is -0.469 e. The molecule has 0 aromatic carbocycles. The van der Waals surface area contributed by atoms with Crippen LogP contribution in [0.4, 0.5) is 0 Å². The summed E-state index contributed by atoms with van der Waals surface area (Å²) in [5.41, 5.74) is 0. The van der Waals surface area contributed by atoms with Crippen molar-refractivity contribution in [2.75, 3.05) is 31.9 Å². The lowest BCUT2D eigenvalue weighted by molar-refractivity contribution is 0.306. The van der Waals surface area contributed by atoms with E-state index in [1.54, 1.807) is 17.5 Å². The van der Waals surface area contributed by atoms with Crippen molar-refractivity contribution in [1.82, 2.24) is 14.9 Å². The van der Waals surface area contributed by atoms with Crippen LogP contribution < -0.4 is 10.6 Å². The summed E-state index contributed by atoms with van der Waals surface area (Å²) < 4.78 is 30.9. The van der Waals surface area contributed by atoms with Crippen LogP contribution in [0.15, 0.2) is 27.8 Å². The summed E-state index contributed by atoms with van der Waals surface area (Å²) in [5, 5.41) is 6.84. The van der Waals surface area contributed by atoms with E-state index in [0.29, 0.717) is 13.1 Å². The van der Waals surface area contributed by atoms with E-state index in [-0.39, 0.29) is 11.8 Å². The van der Waals surface area contributed by atoms with Crippen molar-refractivity contribution in [3.63, 3.8) is 0 Å². The van der Waals surface area contributed by atoms with E-state index < -0.39 is 10.0 Å². The number of sulfonamides is 1. The number of nitrogens with zero attached hydrogens (tertiary/aromatic N) is 2. The summed E-state index contributed by atoms with van der Waals surface area (Å²) in [6, 6.07) is 4.10. The van der Waals surface area contributed by atoms with Crippen LogP contribution in [0, 0.1) is 0 Å². The highest BCUT2D eigenvalue weighted by atomic mass is 32.2. The molecule has 26 heavy (non-hydrogen) atoms. The Hall–Kier alpha value is -1.54. The monoisotopic (exact) mass is 384 g/mol. The fourth-order valence-corrected chi connectivity index (χ4v) is 4.05. The molecule has 2 heterocycles. The zero-order valence-electron chi connectivity index (χ0n) is 15.9. The molecule has 0 spiro atoms. The smallest absolute Gasteiger partial charge is 0.213 e. The van der Waals surface area contributed by atoms with Gasteiger partial charge in [0.15, 0.2) is 5.96 Å². The van der Waals surface area contributed by atoms with E-state index in [2.05, 4.69) is 22.5 Å². The second-order valence-corrected chi connectivity index (χ2v) is 8.82. The van der Waals surface area contributed by atoms with Gasteiger partial charge in [-0.1, -0.05) is 13.3 Å². The lowest BCUT2D eigenvalue weighted by atomic mass is 10.1. The number of nitrogens with one attached hydrogen (secondary N) is 2. The number of aliphatic imine (C=N–C) groups is 1. The molecule has 1 aromatic rings. The second-order valence-electron chi connectivity index (χ2n) is 6.56. The third-order valence-corrected chi connectivity index (χ3v) is 6.46. The Morgan fingerprint density at radius 2 is 2.12 bits per heavy atom. The number of unbranched alkanes of at least 4 members (excludes halogenated alkanes) is 1. The number of hydrogen-bond donors (Lipinski definition) is 2. The van der Waals surface area contributed by atoms with E-state index in [4.69, 9.17) is 4.42 Å². The van der Waals surface area contributed by atoms with Crippen molar-refractivity contribution in [3.8, 4) is 0 Å². The maximum atomic E-state index is 12.0. The number of furan rings is 1. The van der Waals surface area contributed by atoms with Gasteiger partial charge in [-0.25, -0.2) is 12.7 Å². The van der Waals surface area contributed by atoms with Gasteiger partial charge in [0.05, 0.1) is 12.0 Å². The Bertz CT molecular complexity index is 635. The highest BCUT2D eigenvalue weighted by Gasteiger charge is 2.27. The molecule has 0 bridgehead atoms. The van der Waals surface area contributed by atoms with Crippen LogP contribution in [0.5, 0.6) is 0 Å². The first-order valence-corrected chi connectivity index (χ1v) is 11.2. The first-order valence-electron chi connectivity index (χ1n) is 9.60. The molecule has 0 saturated carbocycles. The number of piperidine rings is 1. The largest absolute Gasteiger partial charge is 0.469 e. The summed E-state index contributed by atoms with van der Waals surface area (Å²) in [7, 11) is -3.08. The molecule has 0 radical (unpaired) electrons. The Balaban J connectivity index is 1.83. The molecule has 0 aliphatic carbocycles. The molecule has 1 aliphatic rings. The van der Waals surface area contributed by atoms with Gasteiger partial charge in [-0.2, -0.15) is 0 Å². The van der Waals surface area contributed by atoms with Crippen LogP contribution in [0.2, 0.25) is 0 Å². The van der Waals surface area contributed by atoms with Gasteiger partial charge in [0.25, 0.3) is 0 Å². The van der Waals surface area contributed by atoms with Crippen LogP contribution in [0.3, 0.4) is 0 Å². The molecule has 1 aromatic heterocycles. The van der Waals surface area contributed by atoms with Gasteiger partial charge in [0.1, 0.15) is 5.76 Å². The van der Waals surface area contributed by atoms with Crippen molar-refractivity contribution >= 4 is 16.0 Å². The predicted molar refractivity (Wildman–Crippen MR) is 105 cm³/mol. The summed E-state index contributed by atoms with van der Waals surface area (Å²) in [6.45, 7) is 6.52. The number of guanidine groups is 1. The normalized spacial score (nSPS) is 17.4. The van der Waals surface area contributed by atoms with E-state index in [9.17, 15) is 8.42 Å². The molecule has 1 fully saturated rings. The third-order valence-electron chi connectivity index (χ3n) is 4.58. The maximum Gasteiger partial charge on any atom is 0.213 e. The molecule has 0 unspecified atom stereocenters. The van der Waals surface area contributed by atoms with Crippen LogP contribution in [-0.2, 0) is 16.4 Å². The topological polar surface area (TPSA) is 86.9 Å². The lowest BCUT2D eigenvalue weighted by Crippen LogP contribution is -2.50. The minimum atomic E-state index is -3.08. The summed E-state index contributed by atoms with van der Waals surface area (Å²) in [5.74, 6) is 1.92. The molecule has 7 nitrogen and oxygen atoms in total. The fraction of sp³-hybridized carbons (Fsp3) is 0.722. The minimum absolute atomic E-state index is 0.170. The van der Waals surface area contributed by atoms with Crippen LogP contribution in [-0.4, -0.2) is 56.7 Å². The molecule has 148 valence electrons. The van der Waals surface area contributed by atoms with Crippen molar-refractivity contribution in [2.24, 2.45) is 4.99 Å². The molecule has 1 saturated heterocycles. The second kappa shape index (κ2) is 10.6.